The zero-order valence-corrected chi connectivity index (χ0v) is 10.7. The molecule has 0 aliphatic carbocycles. The molecule has 4 nitrogen and oxygen atoms in total. The number of rotatable bonds is 2. The highest BCUT2D eigenvalue weighted by atomic mass is 79.9. The Morgan fingerprint density at radius 3 is 2.76 bits per heavy atom. The van der Waals surface area contributed by atoms with Crippen LogP contribution < -0.4 is 10.1 Å². The van der Waals surface area contributed by atoms with Crippen molar-refractivity contribution in [3.05, 3.63) is 33.8 Å². The Bertz CT molecular complexity index is 522. The topological polar surface area (TPSA) is 55.4 Å². The summed E-state index contributed by atoms with van der Waals surface area (Å²) in [7, 11) is 1.56. The number of hydrogen-bond acceptors (Lipinski definition) is 3. The van der Waals surface area contributed by atoms with Crippen LogP contribution in [0.2, 0.25) is 0 Å². The van der Waals surface area contributed by atoms with Crippen molar-refractivity contribution >= 4 is 33.8 Å². The standard InChI is InChI=1S/C12H10BrNO3/c1-17-10-3-2-9(13)5-7(10)4-8-6-11(15)14-12(8)16/h2-5H,6H2,1H3,(H,14,15,16). The number of halogens is 1. The summed E-state index contributed by atoms with van der Waals surface area (Å²) >= 11 is 3.35. The van der Waals surface area contributed by atoms with E-state index in [4.69, 9.17) is 4.74 Å². The van der Waals surface area contributed by atoms with E-state index < -0.39 is 0 Å². The molecule has 1 aromatic rings. The van der Waals surface area contributed by atoms with Gasteiger partial charge in [-0.15, -0.1) is 0 Å². The first-order valence-electron chi connectivity index (χ1n) is 4.98. The van der Waals surface area contributed by atoms with Gasteiger partial charge in [-0.25, -0.2) is 0 Å². The smallest absolute Gasteiger partial charge is 0.254 e. The summed E-state index contributed by atoms with van der Waals surface area (Å²) in [6.07, 6.45) is 1.79. The van der Waals surface area contributed by atoms with Crippen LogP contribution in [0.5, 0.6) is 5.75 Å². The highest BCUT2D eigenvalue weighted by Gasteiger charge is 2.23. The van der Waals surface area contributed by atoms with Crippen LogP contribution in [0, 0.1) is 0 Å². The van der Waals surface area contributed by atoms with E-state index in [1.54, 1.807) is 19.3 Å². The van der Waals surface area contributed by atoms with Crippen molar-refractivity contribution in [2.45, 2.75) is 6.42 Å². The van der Waals surface area contributed by atoms with E-state index in [1.165, 1.54) is 0 Å². The summed E-state index contributed by atoms with van der Waals surface area (Å²) in [5.41, 5.74) is 1.22. The molecule has 1 saturated heterocycles. The molecule has 0 aromatic heterocycles. The van der Waals surface area contributed by atoms with Gasteiger partial charge in [0.05, 0.1) is 13.5 Å². The van der Waals surface area contributed by atoms with E-state index in [-0.39, 0.29) is 18.2 Å². The third-order valence-corrected chi connectivity index (χ3v) is 2.91. The van der Waals surface area contributed by atoms with Crippen molar-refractivity contribution in [2.75, 3.05) is 7.11 Å². The highest BCUT2D eigenvalue weighted by Crippen LogP contribution is 2.26. The van der Waals surface area contributed by atoms with Crippen molar-refractivity contribution in [3.63, 3.8) is 0 Å². The molecule has 5 heteroatoms. The van der Waals surface area contributed by atoms with Crippen molar-refractivity contribution in [1.82, 2.24) is 5.32 Å². The summed E-state index contributed by atoms with van der Waals surface area (Å²) < 4.78 is 6.07. The molecule has 1 N–H and O–H groups in total. The maximum atomic E-state index is 11.4. The SMILES string of the molecule is COc1ccc(Br)cc1C=C1CC(=O)NC1=O. The summed E-state index contributed by atoms with van der Waals surface area (Å²) in [5, 5.41) is 2.24. The van der Waals surface area contributed by atoms with Gasteiger partial charge in [0.15, 0.2) is 0 Å². The number of hydrogen-bond donors (Lipinski definition) is 1. The summed E-state index contributed by atoms with van der Waals surface area (Å²) in [4.78, 5) is 22.5. The minimum atomic E-state index is -0.336. The number of carbonyl (C=O) groups excluding carboxylic acids is 2. The lowest BCUT2D eigenvalue weighted by molar-refractivity contribution is -0.124. The largest absolute Gasteiger partial charge is 0.496 e. The van der Waals surface area contributed by atoms with Gasteiger partial charge in [0.2, 0.25) is 5.91 Å². The molecular weight excluding hydrogens is 286 g/mol. The summed E-state index contributed by atoms with van der Waals surface area (Å²) in [5.74, 6) is 0.0556. The maximum absolute atomic E-state index is 11.4. The lowest BCUT2D eigenvalue weighted by atomic mass is 10.1. The Hall–Kier alpha value is -1.62. The Kier molecular flexibility index (Phi) is 3.28. The van der Waals surface area contributed by atoms with Crippen molar-refractivity contribution in [1.29, 1.82) is 0 Å². The van der Waals surface area contributed by atoms with Gasteiger partial charge in [-0.2, -0.15) is 0 Å². The summed E-state index contributed by atoms with van der Waals surface area (Å²) in [6, 6.07) is 5.48. The molecule has 2 rings (SSSR count). The van der Waals surface area contributed by atoms with Gasteiger partial charge >= 0.3 is 0 Å². The average molecular weight is 296 g/mol. The highest BCUT2D eigenvalue weighted by molar-refractivity contribution is 9.10. The Morgan fingerprint density at radius 1 is 1.41 bits per heavy atom. The van der Waals surface area contributed by atoms with Crippen LogP contribution in [0.3, 0.4) is 0 Å². The van der Waals surface area contributed by atoms with Gasteiger partial charge in [0, 0.05) is 15.6 Å². The molecule has 88 valence electrons. The second-order valence-electron chi connectivity index (χ2n) is 3.61. The maximum Gasteiger partial charge on any atom is 0.254 e. The zero-order valence-electron chi connectivity index (χ0n) is 9.12. The fourth-order valence-electron chi connectivity index (χ4n) is 1.63. The van der Waals surface area contributed by atoms with Crippen LogP contribution in [0.25, 0.3) is 6.08 Å². The van der Waals surface area contributed by atoms with Crippen molar-refractivity contribution in [2.24, 2.45) is 0 Å². The number of amides is 2. The molecule has 0 radical (unpaired) electrons. The fourth-order valence-corrected chi connectivity index (χ4v) is 2.01. The zero-order chi connectivity index (χ0) is 12.4. The molecule has 1 aliphatic rings. The van der Waals surface area contributed by atoms with Crippen LogP contribution in [-0.2, 0) is 9.59 Å². The molecule has 1 aromatic carbocycles. The third-order valence-electron chi connectivity index (χ3n) is 2.42. The van der Waals surface area contributed by atoms with Crippen LogP contribution in [-0.4, -0.2) is 18.9 Å². The first-order chi connectivity index (χ1) is 8.10. The lowest BCUT2D eigenvalue weighted by Crippen LogP contribution is -2.19. The van der Waals surface area contributed by atoms with E-state index in [0.717, 1.165) is 10.0 Å². The number of imide groups is 1. The second kappa shape index (κ2) is 4.71. The molecule has 1 aliphatic heterocycles. The predicted molar refractivity (Wildman–Crippen MR) is 66.4 cm³/mol. The number of methoxy groups -OCH3 is 1. The van der Waals surface area contributed by atoms with Crippen LogP contribution in [0.4, 0.5) is 0 Å². The normalized spacial score (nSPS) is 17.4. The van der Waals surface area contributed by atoms with Crippen molar-refractivity contribution < 1.29 is 14.3 Å². The van der Waals surface area contributed by atoms with E-state index in [9.17, 15) is 9.59 Å². The van der Waals surface area contributed by atoms with Gasteiger partial charge < -0.3 is 4.74 Å². The van der Waals surface area contributed by atoms with Gasteiger partial charge in [-0.1, -0.05) is 15.9 Å². The Labute approximate surface area is 107 Å². The molecule has 0 spiro atoms. The fraction of sp³-hybridized carbons (Fsp3) is 0.167. The molecule has 0 unspecified atom stereocenters. The molecule has 17 heavy (non-hydrogen) atoms. The van der Waals surface area contributed by atoms with E-state index in [1.807, 2.05) is 12.1 Å². The predicted octanol–water partition coefficient (Wildman–Crippen LogP) is 1.89. The minimum absolute atomic E-state index is 0.120. The van der Waals surface area contributed by atoms with Crippen molar-refractivity contribution in [3.8, 4) is 5.75 Å². The van der Waals surface area contributed by atoms with E-state index in [0.29, 0.717) is 11.3 Å². The van der Waals surface area contributed by atoms with E-state index in [2.05, 4.69) is 21.2 Å². The van der Waals surface area contributed by atoms with Gasteiger partial charge in [-0.3, -0.25) is 14.9 Å². The number of carbonyl (C=O) groups is 2. The molecule has 0 atom stereocenters. The first-order valence-corrected chi connectivity index (χ1v) is 5.78. The van der Waals surface area contributed by atoms with Gasteiger partial charge in [0.25, 0.3) is 5.91 Å². The average Bonchev–Trinajstić information content (AvgIpc) is 2.58. The number of nitrogens with one attached hydrogen (secondary N) is 1. The van der Waals surface area contributed by atoms with E-state index >= 15 is 0 Å². The summed E-state index contributed by atoms with van der Waals surface area (Å²) in [6.45, 7) is 0. The molecule has 1 fully saturated rings. The number of benzene rings is 1. The Balaban J connectivity index is 2.41. The van der Waals surface area contributed by atoms with Gasteiger partial charge in [0.1, 0.15) is 5.75 Å². The second-order valence-corrected chi connectivity index (χ2v) is 4.53. The molecule has 2 amide bonds. The third kappa shape index (κ3) is 2.55. The molecule has 1 heterocycles. The molecule has 0 saturated carbocycles. The molecular formula is C12H10BrNO3. The van der Waals surface area contributed by atoms with Gasteiger partial charge in [-0.05, 0) is 24.3 Å². The first kappa shape index (κ1) is 11.9. The quantitative estimate of drug-likeness (QED) is 0.670. The van der Waals surface area contributed by atoms with Crippen LogP contribution >= 0.6 is 15.9 Å². The molecule has 0 bridgehead atoms. The van der Waals surface area contributed by atoms with Crippen LogP contribution in [0.15, 0.2) is 28.2 Å². The number of ether oxygens (including phenoxy) is 1. The Morgan fingerprint density at radius 2 is 2.18 bits per heavy atom. The van der Waals surface area contributed by atoms with Crippen LogP contribution in [0.1, 0.15) is 12.0 Å². The minimum Gasteiger partial charge on any atom is -0.496 e. The lowest BCUT2D eigenvalue weighted by Gasteiger charge is -2.05. The monoisotopic (exact) mass is 295 g/mol.